The van der Waals surface area contributed by atoms with Gasteiger partial charge in [-0.05, 0) is 19.6 Å². The van der Waals surface area contributed by atoms with E-state index in [1.807, 2.05) is 13.8 Å². The Morgan fingerprint density at radius 1 is 1.55 bits per heavy atom. The fourth-order valence-electron chi connectivity index (χ4n) is 0.434. The maximum Gasteiger partial charge on any atom is 0.236 e. The highest BCUT2D eigenvalue weighted by molar-refractivity contribution is 8.15. The molecule has 0 saturated carbocycles. The number of carbonyl (C=O) groups is 1. The fraction of sp³-hybridized carbons (Fsp3) is 0.714. The number of oxime groups is 1. The first-order chi connectivity index (χ1) is 5.22. The van der Waals surface area contributed by atoms with Crippen molar-refractivity contribution < 1.29 is 9.63 Å². The lowest BCUT2D eigenvalue weighted by Crippen LogP contribution is -2.06. The SMILES string of the molecule is CCO/N=C(/C)C(=O)SCC. The first-order valence-electron chi connectivity index (χ1n) is 3.56. The summed E-state index contributed by atoms with van der Waals surface area (Å²) in [5, 5.41) is 3.59. The second kappa shape index (κ2) is 6.22. The zero-order valence-electron chi connectivity index (χ0n) is 7.09. The minimum absolute atomic E-state index is 0.0130. The van der Waals surface area contributed by atoms with Gasteiger partial charge in [-0.25, -0.2) is 0 Å². The van der Waals surface area contributed by atoms with Crippen LogP contribution in [0.2, 0.25) is 0 Å². The average molecular weight is 175 g/mol. The molecule has 0 bridgehead atoms. The van der Waals surface area contributed by atoms with Crippen LogP contribution in [0.1, 0.15) is 20.8 Å². The standard InChI is InChI=1S/C7H13NO2S/c1-4-10-8-6(3)7(9)11-5-2/h4-5H2,1-3H3/b8-6-. The highest BCUT2D eigenvalue weighted by Crippen LogP contribution is 2.02. The van der Waals surface area contributed by atoms with Crippen molar-refractivity contribution in [1.82, 2.24) is 0 Å². The number of thioether (sulfide) groups is 1. The molecule has 0 fully saturated rings. The zero-order valence-corrected chi connectivity index (χ0v) is 7.90. The van der Waals surface area contributed by atoms with Crippen LogP contribution in [0.15, 0.2) is 5.16 Å². The first kappa shape index (κ1) is 10.5. The molecule has 0 aromatic heterocycles. The molecule has 0 atom stereocenters. The summed E-state index contributed by atoms with van der Waals surface area (Å²) < 4.78 is 0. The Kier molecular flexibility index (Phi) is 5.93. The van der Waals surface area contributed by atoms with E-state index >= 15 is 0 Å². The molecule has 64 valence electrons. The predicted molar refractivity (Wildman–Crippen MR) is 47.9 cm³/mol. The topological polar surface area (TPSA) is 38.7 Å². The van der Waals surface area contributed by atoms with Crippen LogP contribution in [-0.2, 0) is 9.63 Å². The number of hydrogen-bond acceptors (Lipinski definition) is 4. The Labute approximate surface area is 71.2 Å². The maximum absolute atomic E-state index is 11.0. The lowest BCUT2D eigenvalue weighted by Gasteiger charge is -1.96. The lowest BCUT2D eigenvalue weighted by atomic mass is 10.5. The fourth-order valence-corrected chi connectivity index (χ4v) is 0.943. The minimum atomic E-state index is -0.0130. The molecule has 0 spiro atoms. The monoisotopic (exact) mass is 175 g/mol. The summed E-state index contributed by atoms with van der Waals surface area (Å²) in [6.07, 6.45) is 0. The van der Waals surface area contributed by atoms with E-state index in [1.165, 1.54) is 11.8 Å². The molecule has 0 heterocycles. The van der Waals surface area contributed by atoms with Crippen molar-refractivity contribution in [3.8, 4) is 0 Å². The van der Waals surface area contributed by atoms with Crippen LogP contribution < -0.4 is 0 Å². The van der Waals surface area contributed by atoms with Gasteiger partial charge in [-0.2, -0.15) is 0 Å². The number of carbonyl (C=O) groups excluding carboxylic acids is 1. The predicted octanol–water partition coefficient (Wildman–Crippen LogP) is 1.68. The summed E-state index contributed by atoms with van der Waals surface area (Å²) in [5.74, 6) is 0.776. The molecule has 0 unspecified atom stereocenters. The quantitative estimate of drug-likeness (QED) is 0.482. The summed E-state index contributed by atoms with van der Waals surface area (Å²) in [7, 11) is 0. The molecule has 0 aliphatic heterocycles. The third-order valence-electron chi connectivity index (χ3n) is 0.901. The van der Waals surface area contributed by atoms with Crippen molar-refractivity contribution in [2.24, 2.45) is 5.16 Å². The van der Waals surface area contributed by atoms with Crippen LogP contribution >= 0.6 is 11.8 Å². The molecule has 0 aromatic rings. The molecule has 3 nitrogen and oxygen atoms in total. The van der Waals surface area contributed by atoms with E-state index in [0.717, 1.165) is 5.75 Å². The minimum Gasteiger partial charge on any atom is -0.396 e. The Balaban J connectivity index is 3.80. The Bertz CT molecular complexity index is 157. The third-order valence-corrected chi connectivity index (χ3v) is 1.75. The normalized spacial score (nSPS) is 11.4. The third kappa shape index (κ3) is 4.84. The summed E-state index contributed by atoms with van der Waals surface area (Å²) in [6, 6.07) is 0. The van der Waals surface area contributed by atoms with Gasteiger partial charge in [0.15, 0.2) is 0 Å². The molecular formula is C7H13NO2S. The molecule has 0 aromatic carbocycles. The number of hydrogen-bond donors (Lipinski definition) is 0. The van der Waals surface area contributed by atoms with E-state index in [9.17, 15) is 4.79 Å². The highest BCUT2D eigenvalue weighted by Gasteiger charge is 2.04. The van der Waals surface area contributed by atoms with Crippen molar-refractivity contribution in [3.63, 3.8) is 0 Å². The van der Waals surface area contributed by atoms with Crippen LogP contribution in [-0.4, -0.2) is 23.2 Å². The van der Waals surface area contributed by atoms with Gasteiger partial charge >= 0.3 is 0 Å². The van der Waals surface area contributed by atoms with Crippen molar-refractivity contribution in [2.75, 3.05) is 12.4 Å². The van der Waals surface area contributed by atoms with E-state index in [-0.39, 0.29) is 5.12 Å². The van der Waals surface area contributed by atoms with E-state index in [4.69, 9.17) is 4.84 Å². The molecule has 0 amide bonds. The van der Waals surface area contributed by atoms with Gasteiger partial charge in [0, 0.05) is 0 Å². The van der Waals surface area contributed by atoms with Gasteiger partial charge in [0.1, 0.15) is 12.3 Å². The number of nitrogens with zero attached hydrogens (tertiary/aromatic N) is 1. The summed E-state index contributed by atoms with van der Waals surface area (Å²) in [5.41, 5.74) is 0.429. The van der Waals surface area contributed by atoms with Crippen molar-refractivity contribution >= 4 is 22.6 Å². The Hall–Kier alpha value is -0.510. The van der Waals surface area contributed by atoms with Crippen LogP contribution in [0.4, 0.5) is 0 Å². The van der Waals surface area contributed by atoms with E-state index in [0.29, 0.717) is 12.3 Å². The molecule has 0 rings (SSSR count). The molecule has 0 N–H and O–H groups in total. The van der Waals surface area contributed by atoms with Crippen LogP contribution in [0.3, 0.4) is 0 Å². The summed E-state index contributed by atoms with van der Waals surface area (Å²) in [4.78, 5) is 15.7. The Morgan fingerprint density at radius 2 is 2.18 bits per heavy atom. The van der Waals surface area contributed by atoms with Gasteiger partial charge in [-0.1, -0.05) is 23.8 Å². The second-order valence-electron chi connectivity index (χ2n) is 1.81. The molecule has 0 radical (unpaired) electrons. The summed E-state index contributed by atoms with van der Waals surface area (Å²) >= 11 is 1.24. The van der Waals surface area contributed by atoms with Gasteiger partial charge in [0.2, 0.25) is 5.12 Å². The Morgan fingerprint density at radius 3 is 2.64 bits per heavy atom. The van der Waals surface area contributed by atoms with Crippen LogP contribution in [0.25, 0.3) is 0 Å². The molecule has 0 aliphatic carbocycles. The number of rotatable bonds is 4. The molecule has 0 saturated heterocycles. The van der Waals surface area contributed by atoms with E-state index in [2.05, 4.69) is 5.16 Å². The van der Waals surface area contributed by atoms with Gasteiger partial charge in [0.25, 0.3) is 0 Å². The van der Waals surface area contributed by atoms with Crippen molar-refractivity contribution in [3.05, 3.63) is 0 Å². The van der Waals surface area contributed by atoms with Crippen molar-refractivity contribution in [1.29, 1.82) is 0 Å². The van der Waals surface area contributed by atoms with Crippen LogP contribution in [0.5, 0.6) is 0 Å². The maximum atomic E-state index is 11.0. The van der Waals surface area contributed by atoms with Gasteiger partial charge in [-0.15, -0.1) is 0 Å². The highest BCUT2D eigenvalue weighted by atomic mass is 32.2. The van der Waals surface area contributed by atoms with E-state index in [1.54, 1.807) is 6.92 Å². The van der Waals surface area contributed by atoms with Crippen molar-refractivity contribution in [2.45, 2.75) is 20.8 Å². The average Bonchev–Trinajstić information content (AvgIpc) is 2.00. The zero-order chi connectivity index (χ0) is 8.69. The molecule has 4 heteroatoms. The van der Waals surface area contributed by atoms with E-state index < -0.39 is 0 Å². The molecular weight excluding hydrogens is 162 g/mol. The lowest BCUT2D eigenvalue weighted by molar-refractivity contribution is -0.105. The van der Waals surface area contributed by atoms with Crippen LogP contribution in [0, 0.1) is 0 Å². The largest absolute Gasteiger partial charge is 0.396 e. The first-order valence-corrected chi connectivity index (χ1v) is 4.54. The second-order valence-corrected chi connectivity index (χ2v) is 3.05. The van der Waals surface area contributed by atoms with Gasteiger partial charge < -0.3 is 4.84 Å². The summed E-state index contributed by atoms with van der Waals surface area (Å²) in [6.45, 7) is 5.91. The van der Waals surface area contributed by atoms with Gasteiger partial charge in [-0.3, -0.25) is 4.79 Å². The molecule has 0 aliphatic rings. The van der Waals surface area contributed by atoms with Gasteiger partial charge in [0.05, 0.1) is 0 Å². The molecule has 11 heavy (non-hydrogen) atoms. The smallest absolute Gasteiger partial charge is 0.236 e.